The quantitative estimate of drug-likeness (QED) is 0.731. The van der Waals surface area contributed by atoms with Gasteiger partial charge >= 0.3 is 0 Å². The number of hydrogen-bond donors (Lipinski definition) is 1. The van der Waals surface area contributed by atoms with Gasteiger partial charge in [-0.05, 0) is 30.6 Å². The molecular formula is C14H29N. The van der Waals surface area contributed by atoms with E-state index < -0.39 is 0 Å². The Morgan fingerprint density at radius 1 is 1.13 bits per heavy atom. The molecule has 15 heavy (non-hydrogen) atoms. The van der Waals surface area contributed by atoms with Gasteiger partial charge in [-0.2, -0.15) is 0 Å². The Labute approximate surface area is 95.8 Å². The van der Waals surface area contributed by atoms with Crippen LogP contribution in [-0.4, -0.2) is 6.04 Å². The van der Waals surface area contributed by atoms with Crippen molar-refractivity contribution in [2.24, 2.45) is 23.5 Å². The van der Waals surface area contributed by atoms with Crippen molar-refractivity contribution < 1.29 is 0 Å². The summed E-state index contributed by atoms with van der Waals surface area (Å²) in [5.74, 6) is 2.53. The zero-order valence-corrected chi connectivity index (χ0v) is 10.8. The van der Waals surface area contributed by atoms with E-state index in [2.05, 4.69) is 20.8 Å². The van der Waals surface area contributed by atoms with Crippen LogP contribution in [0.2, 0.25) is 0 Å². The van der Waals surface area contributed by atoms with Gasteiger partial charge in [-0.3, -0.25) is 0 Å². The van der Waals surface area contributed by atoms with Gasteiger partial charge in [0.05, 0.1) is 0 Å². The van der Waals surface area contributed by atoms with Crippen LogP contribution in [0.4, 0.5) is 0 Å². The Bertz CT molecular complexity index is 163. The van der Waals surface area contributed by atoms with Crippen molar-refractivity contribution in [3.05, 3.63) is 0 Å². The molecule has 1 aliphatic rings. The van der Waals surface area contributed by atoms with E-state index in [1.807, 2.05) is 0 Å². The van der Waals surface area contributed by atoms with Crippen molar-refractivity contribution in [1.29, 1.82) is 0 Å². The minimum Gasteiger partial charge on any atom is -0.327 e. The van der Waals surface area contributed by atoms with Crippen LogP contribution >= 0.6 is 0 Å². The maximum atomic E-state index is 6.43. The third-order valence-corrected chi connectivity index (χ3v) is 4.54. The van der Waals surface area contributed by atoms with Crippen LogP contribution in [-0.2, 0) is 0 Å². The summed E-state index contributed by atoms with van der Waals surface area (Å²) in [5.41, 5.74) is 6.43. The Hall–Kier alpha value is -0.0400. The summed E-state index contributed by atoms with van der Waals surface area (Å²) < 4.78 is 0. The van der Waals surface area contributed by atoms with Gasteiger partial charge in [0.1, 0.15) is 0 Å². The lowest BCUT2D eigenvalue weighted by atomic mass is 9.73. The van der Waals surface area contributed by atoms with E-state index in [9.17, 15) is 0 Å². The number of rotatable bonds is 5. The van der Waals surface area contributed by atoms with E-state index in [1.54, 1.807) is 0 Å². The third kappa shape index (κ3) is 3.48. The van der Waals surface area contributed by atoms with Crippen LogP contribution in [0.5, 0.6) is 0 Å². The number of nitrogens with two attached hydrogens (primary N) is 1. The molecule has 2 N–H and O–H groups in total. The van der Waals surface area contributed by atoms with Gasteiger partial charge in [0.2, 0.25) is 0 Å². The molecule has 90 valence electrons. The molecule has 0 aliphatic heterocycles. The molecule has 1 heteroatoms. The first kappa shape index (κ1) is 13.0. The second-order valence-corrected chi connectivity index (χ2v) is 5.35. The van der Waals surface area contributed by atoms with E-state index in [0.29, 0.717) is 6.04 Å². The van der Waals surface area contributed by atoms with Gasteiger partial charge in [0.25, 0.3) is 0 Å². The van der Waals surface area contributed by atoms with E-state index in [1.165, 1.54) is 44.9 Å². The molecule has 0 bridgehead atoms. The highest BCUT2D eigenvalue weighted by Gasteiger charge is 2.28. The first-order valence-corrected chi connectivity index (χ1v) is 6.98. The smallest absolute Gasteiger partial charge is 0.00955 e. The molecule has 1 rings (SSSR count). The van der Waals surface area contributed by atoms with Gasteiger partial charge in [0.15, 0.2) is 0 Å². The molecule has 0 saturated heterocycles. The molecule has 0 heterocycles. The highest BCUT2D eigenvalue weighted by Crippen LogP contribution is 2.35. The third-order valence-electron chi connectivity index (χ3n) is 4.54. The summed E-state index contributed by atoms with van der Waals surface area (Å²) in [6, 6.07) is 0.467. The lowest BCUT2D eigenvalue weighted by Gasteiger charge is -2.35. The molecular weight excluding hydrogens is 182 g/mol. The molecule has 0 radical (unpaired) electrons. The molecule has 1 saturated carbocycles. The maximum absolute atomic E-state index is 6.43. The van der Waals surface area contributed by atoms with E-state index in [-0.39, 0.29) is 0 Å². The Balaban J connectivity index is 2.47. The minimum atomic E-state index is 0.467. The molecule has 3 unspecified atom stereocenters. The summed E-state index contributed by atoms with van der Waals surface area (Å²) in [5, 5.41) is 0. The Morgan fingerprint density at radius 2 is 1.80 bits per heavy atom. The average Bonchev–Trinajstić information content (AvgIpc) is 2.30. The average molecular weight is 211 g/mol. The Kier molecular flexibility index (Phi) is 5.66. The molecule has 0 spiro atoms. The summed E-state index contributed by atoms with van der Waals surface area (Å²) in [6.45, 7) is 6.90. The predicted molar refractivity (Wildman–Crippen MR) is 67.8 cm³/mol. The molecule has 3 atom stereocenters. The first-order chi connectivity index (χ1) is 7.22. The van der Waals surface area contributed by atoms with Gasteiger partial charge < -0.3 is 5.73 Å². The molecule has 1 nitrogen and oxygen atoms in total. The number of hydrogen-bond acceptors (Lipinski definition) is 1. The molecule has 0 aromatic rings. The van der Waals surface area contributed by atoms with E-state index in [4.69, 9.17) is 5.73 Å². The van der Waals surface area contributed by atoms with Gasteiger partial charge in [0, 0.05) is 6.04 Å². The molecule has 0 aromatic carbocycles. The standard InChI is InChI=1S/C14H29N/c1-4-11-8-7-9-13(10-11)14(15)12(5-2)6-3/h11-14H,4-10,15H2,1-3H3. The first-order valence-electron chi connectivity index (χ1n) is 6.98. The van der Waals surface area contributed by atoms with E-state index in [0.717, 1.165) is 17.8 Å². The highest BCUT2D eigenvalue weighted by atomic mass is 14.7. The van der Waals surface area contributed by atoms with E-state index >= 15 is 0 Å². The predicted octanol–water partition coefficient (Wildman–Crippen LogP) is 3.97. The van der Waals surface area contributed by atoms with Crippen molar-refractivity contribution >= 4 is 0 Å². The summed E-state index contributed by atoms with van der Waals surface area (Å²) in [6.07, 6.45) is 9.50. The van der Waals surface area contributed by atoms with Crippen LogP contribution < -0.4 is 5.73 Å². The van der Waals surface area contributed by atoms with Crippen LogP contribution in [0.15, 0.2) is 0 Å². The van der Waals surface area contributed by atoms with Gasteiger partial charge in [-0.15, -0.1) is 0 Å². The monoisotopic (exact) mass is 211 g/mol. The lowest BCUT2D eigenvalue weighted by molar-refractivity contribution is 0.188. The fraction of sp³-hybridized carbons (Fsp3) is 1.00. The van der Waals surface area contributed by atoms with Crippen molar-refractivity contribution in [1.82, 2.24) is 0 Å². The van der Waals surface area contributed by atoms with Crippen LogP contribution in [0.3, 0.4) is 0 Å². The fourth-order valence-corrected chi connectivity index (χ4v) is 3.27. The van der Waals surface area contributed by atoms with Crippen molar-refractivity contribution in [2.45, 2.75) is 71.8 Å². The summed E-state index contributed by atoms with van der Waals surface area (Å²) >= 11 is 0. The van der Waals surface area contributed by atoms with Crippen LogP contribution in [0.1, 0.15) is 65.7 Å². The second-order valence-electron chi connectivity index (χ2n) is 5.35. The largest absolute Gasteiger partial charge is 0.327 e. The van der Waals surface area contributed by atoms with Gasteiger partial charge in [-0.1, -0.05) is 52.9 Å². The lowest BCUT2D eigenvalue weighted by Crippen LogP contribution is -2.39. The molecule has 1 aliphatic carbocycles. The topological polar surface area (TPSA) is 26.0 Å². The summed E-state index contributed by atoms with van der Waals surface area (Å²) in [7, 11) is 0. The second kappa shape index (κ2) is 6.52. The van der Waals surface area contributed by atoms with Crippen molar-refractivity contribution in [3.8, 4) is 0 Å². The van der Waals surface area contributed by atoms with Crippen molar-refractivity contribution in [2.75, 3.05) is 0 Å². The normalized spacial score (nSPS) is 29.4. The minimum absolute atomic E-state index is 0.467. The maximum Gasteiger partial charge on any atom is 0.00955 e. The highest BCUT2D eigenvalue weighted by molar-refractivity contribution is 4.83. The SMILES string of the molecule is CCC1CCCC(C(N)C(CC)CC)C1. The van der Waals surface area contributed by atoms with Crippen molar-refractivity contribution in [3.63, 3.8) is 0 Å². The molecule has 0 aromatic heterocycles. The zero-order valence-electron chi connectivity index (χ0n) is 10.8. The van der Waals surface area contributed by atoms with Crippen LogP contribution in [0.25, 0.3) is 0 Å². The zero-order chi connectivity index (χ0) is 11.3. The summed E-state index contributed by atoms with van der Waals surface area (Å²) in [4.78, 5) is 0. The molecule has 1 fully saturated rings. The van der Waals surface area contributed by atoms with Gasteiger partial charge in [-0.25, -0.2) is 0 Å². The fourth-order valence-electron chi connectivity index (χ4n) is 3.27. The molecule has 0 amide bonds. The Morgan fingerprint density at radius 3 is 2.33 bits per heavy atom. The van der Waals surface area contributed by atoms with Crippen LogP contribution in [0, 0.1) is 17.8 Å².